The van der Waals surface area contributed by atoms with Crippen LogP contribution in [0.3, 0.4) is 0 Å². The molecule has 4 bridgehead atoms. The van der Waals surface area contributed by atoms with E-state index in [1.165, 1.54) is 43.4 Å². The van der Waals surface area contributed by atoms with Gasteiger partial charge in [-0.15, -0.1) is 0 Å². The number of imide groups is 1. The Balaban J connectivity index is 1.13. The van der Waals surface area contributed by atoms with E-state index in [0.717, 1.165) is 43.9 Å². The Labute approximate surface area is 190 Å². The number of hydrogen-bond acceptors (Lipinski definition) is 5. The molecule has 6 nitrogen and oxygen atoms in total. The molecule has 7 rings (SSSR count). The van der Waals surface area contributed by atoms with E-state index in [9.17, 15) is 9.59 Å². The number of amides is 2. The highest BCUT2D eigenvalue weighted by atomic mass is 16.5. The molecule has 32 heavy (non-hydrogen) atoms. The predicted molar refractivity (Wildman–Crippen MR) is 123 cm³/mol. The minimum Gasteiger partial charge on any atom is -0.494 e. The fraction of sp³-hybridized carbons (Fsp3) is 0.692. The summed E-state index contributed by atoms with van der Waals surface area (Å²) in [5.41, 5.74) is 1.06. The van der Waals surface area contributed by atoms with Crippen molar-refractivity contribution in [2.45, 2.75) is 63.5 Å². The molecule has 6 fully saturated rings. The number of benzene rings is 1. The summed E-state index contributed by atoms with van der Waals surface area (Å²) in [7, 11) is 0. The van der Waals surface area contributed by atoms with E-state index in [4.69, 9.17) is 4.74 Å². The number of rotatable bonds is 5. The lowest BCUT2D eigenvalue weighted by atomic mass is 9.52. The number of hydrogen-bond donors (Lipinski definition) is 0. The Kier molecular flexibility index (Phi) is 5.06. The van der Waals surface area contributed by atoms with Crippen LogP contribution in [0.5, 0.6) is 5.75 Å². The number of piperazine rings is 1. The van der Waals surface area contributed by atoms with Crippen molar-refractivity contribution in [3.05, 3.63) is 24.3 Å². The molecule has 1 atom stereocenters. The average Bonchev–Trinajstić information content (AvgIpc) is 3.07. The number of anilines is 1. The highest BCUT2D eigenvalue weighted by Gasteiger charge is 2.54. The largest absolute Gasteiger partial charge is 0.494 e. The monoisotopic (exact) mass is 437 g/mol. The molecule has 4 aliphatic carbocycles. The van der Waals surface area contributed by atoms with Gasteiger partial charge >= 0.3 is 0 Å². The first-order valence-corrected chi connectivity index (χ1v) is 12.6. The Morgan fingerprint density at radius 2 is 1.62 bits per heavy atom. The van der Waals surface area contributed by atoms with Crippen molar-refractivity contribution in [2.24, 2.45) is 17.8 Å². The third-order valence-electron chi connectivity index (χ3n) is 8.94. The fourth-order valence-corrected chi connectivity index (χ4v) is 8.01. The molecular formula is C26H35N3O3. The van der Waals surface area contributed by atoms with Crippen LogP contribution in [0.1, 0.15) is 51.9 Å². The molecule has 0 radical (unpaired) electrons. The molecule has 0 N–H and O–H groups in total. The second-order valence-corrected chi connectivity index (χ2v) is 10.9. The van der Waals surface area contributed by atoms with Crippen LogP contribution in [-0.4, -0.2) is 66.0 Å². The summed E-state index contributed by atoms with van der Waals surface area (Å²) in [5.74, 6) is 3.38. The maximum atomic E-state index is 13.3. The molecule has 2 amide bonds. The van der Waals surface area contributed by atoms with E-state index in [1.54, 1.807) is 6.07 Å². The van der Waals surface area contributed by atoms with Crippen LogP contribution in [-0.2, 0) is 9.59 Å². The minimum absolute atomic E-state index is 0.0769. The van der Waals surface area contributed by atoms with Crippen molar-refractivity contribution < 1.29 is 14.3 Å². The van der Waals surface area contributed by atoms with Crippen molar-refractivity contribution in [2.75, 3.05) is 37.7 Å². The first kappa shape index (κ1) is 20.7. The molecule has 2 aliphatic heterocycles. The Morgan fingerprint density at radius 1 is 0.969 bits per heavy atom. The molecule has 1 aromatic rings. The zero-order chi connectivity index (χ0) is 21.9. The molecule has 4 saturated carbocycles. The van der Waals surface area contributed by atoms with E-state index in [0.29, 0.717) is 23.6 Å². The summed E-state index contributed by atoms with van der Waals surface area (Å²) in [5, 5.41) is 0. The quantitative estimate of drug-likeness (QED) is 0.662. The highest BCUT2D eigenvalue weighted by Crippen LogP contribution is 2.57. The Morgan fingerprint density at radius 3 is 2.25 bits per heavy atom. The Hall–Kier alpha value is -1.92. The van der Waals surface area contributed by atoms with Crippen molar-refractivity contribution in [3.63, 3.8) is 0 Å². The van der Waals surface area contributed by atoms with Crippen LogP contribution < -0.4 is 9.64 Å². The number of carbonyl (C=O) groups excluding carboxylic acids is 2. The van der Waals surface area contributed by atoms with Gasteiger partial charge < -0.3 is 4.74 Å². The van der Waals surface area contributed by atoms with Crippen LogP contribution >= 0.6 is 0 Å². The molecule has 6 aliphatic rings. The van der Waals surface area contributed by atoms with Gasteiger partial charge in [0, 0.05) is 37.8 Å². The first-order chi connectivity index (χ1) is 15.5. The van der Waals surface area contributed by atoms with Gasteiger partial charge in [0.15, 0.2) is 0 Å². The normalized spacial score (nSPS) is 37.5. The van der Waals surface area contributed by atoms with Gasteiger partial charge in [-0.05, 0) is 75.3 Å². The second-order valence-electron chi connectivity index (χ2n) is 10.9. The standard InChI is InChI=1S/C26H35N3O3/c1-2-32-22-5-3-4-21(13-22)29-24(30)14-23(25(29)31)27-6-8-28(9-7-27)26-15-18-10-19(16-26)12-20(11-18)17-26/h3-5,13,18-20,23H,2,6-12,14-17H2,1H3/t18?,19?,20?,23-,26?/m0/s1. The van der Waals surface area contributed by atoms with Crippen LogP contribution in [0.4, 0.5) is 5.69 Å². The molecule has 0 unspecified atom stereocenters. The van der Waals surface area contributed by atoms with Crippen molar-refractivity contribution in [1.29, 1.82) is 0 Å². The fourth-order valence-electron chi connectivity index (χ4n) is 8.01. The second kappa shape index (κ2) is 7.84. The summed E-state index contributed by atoms with van der Waals surface area (Å²) in [6, 6.07) is 7.01. The van der Waals surface area contributed by atoms with Gasteiger partial charge in [0.1, 0.15) is 5.75 Å². The molecule has 0 aromatic heterocycles. The van der Waals surface area contributed by atoms with Gasteiger partial charge in [-0.1, -0.05) is 6.07 Å². The van der Waals surface area contributed by atoms with Gasteiger partial charge in [-0.25, -0.2) is 4.90 Å². The summed E-state index contributed by atoms with van der Waals surface area (Å²) in [4.78, 5) is 32.5. The molecule has 2 heterocycles. The van der Waals surface area contributed by atoms with Gasteiger partial charge in [-0.2, -0.15) is 0 Å². The molecule has 6 heteroatoms. The summed E-state index contributed by atoms with van der Waals surface area (Å²) in [6.45, 7) is 6.32. The van der Waals surface area contributed by atoms with E-state index >= 15 is 0 Å². The van der Waals surface area contributed by atoms with Gasteiger partial charge in [0.25, 0.3) is 5.91 Å². The Bertz CT molecular complexity index is 872. The minimum atomic E-state index is -0.322. The predicted octanol–water partition coefficient (Wildman–Crippen LogP) is 3.30. The lowest BCUT2D eigenvalue weighted by Crippen LogP contribution is -2.64. The zero-order valence-electron chi connectivity index (χ0n) is 19.2. The zero-order valence-corrected chi connectivity index (χ0v) is 19.2. The van der Waals surface area contributed by atoms with Gasteiger partial charge in [0.2, 0.25) is 5.91 Å². The van der Waals surface area contributed by atoms with Gasteiger partial charge in [-0.3, -0.25) is 19.4 Å². The van der Waals surface area contributed by atoms with Crippen molar-refractivity contribution in [1.82, 2.24) is 9.80 Å². The number of carbonyl (C=O) groups is 2. The molecule has 0 spiro atoms. The van der Waals surface area contributed by atoms with Crippen LogP contribution in [0.15, 0.2) is 24.3 Å². The third kappa shape index (κ3) is 3.38. The SMILES string of the molecule is CCOc1cccc(N2C(=O)C[C@H](N3CCN(C45CC6CC(CC(C6)C4)C5)CC3)C2=O)c1. The molecule has 1 aromatic carbocycles. The van der Waals surface area contributed by atoms with Crippen LogP contribution in [0.25, 0.3) is 0 Å². The van der Waals surface area contributed by atoms with E-state index in [1.807, 2.05) is 25.1 Å². The highest BCUT2D eigenvalue weighted by molar-refractivity contribution is 6.22. The molecule has 2 saturated heterocycles. The smallest absolute Gasteiger partial charge is 0.251 e. The lowest BCUT2D eigenvalue weighted by Gasteiger charge is -2.61. The van der Waals surface area contributed by atoms with Crippen molar-refractivity contribution >= 4 is 17.5 Å². The average molecular weight is 438 g/mol. The maximum absolute atomic E-state index is 13.3. The maximum Gasteiger partial charge on any atom is 0.251 e. The summed E-state index contributed by atoms with van der Waals surface area (Å²) < 4.78 is 5.57. The first-order valence-electron chi connectivity index (χ1n) is 12.6. The summed E-state index contributed by atoms with van der Waals surface area (Å²) in [6.07, 6.45) is 8.88. The number of ether oxygens (including phenoxy) is 1. The van der Waals surface area contributed by atoms with E-state index < -0.39 is 0 Å². The summed E-state index contributed by atoms with van der Waals surface area (Å²) >= 11 is 0. The lowest BCUT2D eigenvalue weighted by molar-refractivity contribution is -0.125. The third-order valence-corrected chi connectivity index (χ3v) is 8.94. The van der Waals surface area contributed by atoms with Crippen molar-refractivity contribution in [3.8, 4) is 5.75 Å². The van der Waals surface area contributed by atoms with Crippen LogP contribution in [0.2, 0.25) is 0 Å². The van der Waals surface area contributed by atoms with Crippen LogP contribution in [0, 0.1) is 17.8 Å². The molecule has 172 valence electrons. The molecular weight excluding hydrogens is 402 g/mol. The topological polar surface area (TPSA) is 53.1 Å². The number of nitrogens with zero attached hydrogens (tertiary/aromatic N) is 3. The van der Waals surface area contributed by atoms with Gasteiger partial charge in [0.05, 0.1) is 24.8 Å². The van der Waals surface area contributed by atoms with E-state index in [2.05, 4.69) is 9.80 Å². The van der Waals surface area contributed by atoms with E-state index in [-0.39, 0.29) is 24.3 Å².